The number of alkyl halides is 5. The molecule has 1 saturated carbocycles. The summed E-state index contributed by atoms with van der Waals surface area (Å²) in [6, 6.07) is 0. The van der Waals surface area contributed by atoms with Crippen LogP contribution in [0.25, 0.3) is 0 Å². The van der Waals surface area contributed by atoms with Crippen LogP contribution in [0.15, 0.2) is 12.2 Å². The molecule has 17 heavy (non-hydrogen) atoms. The Labute approximate surface area is 95.7 Å². The van der Waals surface area contributed by atoms with Gasteiger partial charge in [-0.25, -0.2) is 0 Å². The summed E-state index contributed by atoms with van der Waals surface area (Å²) in [5, 5.41) is 0. The van der Waals surface area contributed by atoms with Crippen LogP contribution in [-0.4, -0.2) is 17.9 Å². The summed E-state index contributed by atoms with van der Waals surface area (Å²) in [5.41, 5.74) is 0. The van der Waals surface area contributed by atoms with Crippen molar-refractivity contribution in [1.82, 2.24) is 0 Å². The quantitative estimate of drug-likeness (QED) is 0.553. The Kier molecular flexibility index (Phi) is 4.27. The van der Waals surface area contributed by atoms with Crippen molar-refractivity contribution in [2.24, 2.45) is 5.92 Å². The number of hydrogen-bond acceptors (Lipinski definition) is 1. The molecule has 1 aliphatic carbocycles. The Bertz CT molecular complexity index is 299. The van der Waals surface area contributed by atoms with Crippen molar-refractivity contribution >= 4 is 5.78 Å². The molecule has 0 aromatic carbocycles. The van der Waals surface area contributed by atoms with E-state index in [4.69, 9.17) is 0 Å². The van der Waals surface area contributed by atoms with Crippen LogP contribution >= 0.6 is 0 Å². The Hall–Kier alpha value is -0.940. The van der Waals surface area contributed by atoms with Crippen molar-refractivity contribution in [3.63, 3.8) is 0 Å². The highest BCUT2D eigenvalue weighted by Crippen LogP contribution is 2.36. The van der Waals surface area contributed by atoms with Gasteiger partial charge < -0.3 is 0 Å². The van der Waals surface area contributed by atoms with E-state index >= 15 is 0 Å². The summed E-state index contributed by atoms with van der Waals surface area (Å²) in [6.45, 7) is 0. The summed E-state index contributed by atoms with van der Waals surface area (Å²) in [6.07, 6.45) is 0.0864. The van der Waals surface area contributed by atoms with Crippen LogP contribution < -0.4 is 0 Å². The number of carbonyl (C=O) groups excluding carboxylic acids is 1. The minimum Gasteiger partial charge on any atom is -0.288 e. The molecule has 0 aliphatic heterocycles. The topological polar surface area (TPSA) is 17.1 Å². The lowest BCUT2D eigenvalue weighted by atomic mass is 9.89. The molecular formula is C11H13F5O. The van der Waals surface area contributed by atoms with Crippen LogP contribution in [0.3, 0.4) is 0 Å². The molecule has 1 nitrogen and oxygen atoms in total. The van der Waals surface area contributed by atoms with E-state index in [0.717, 1.165) is 32.1 Å². The molecule has 0 atom stereocenters. The standard InChI is InChI=1S/C11H13F5O/c12-10(13,11(14,15)16)9(17)7-6-8-4-2-1-3-5-8/h6-8H,1-5H2. The van der Waals surface area contributed by atoms with Crippen molar-refractivity contribution in [3.8, 4) is 0 Å². The van der Waals surface area contributed by atoms with Crippen LogP contribution in [0.1, 0.15) is 32.1 Å². The van der Waals surface area contributed by atoms with Gasteiger partial charge >= 0.3 is 12.1 Å². The monoisotopic (exact) mass is 256 g/mol. The molecule has 1 rings (SSSR count). The van der Waals surface area contributed by atoms with Crippen LogP contribution in [0.5, 0.6) is 0 Å². The van der Waals surface area contributed by atoms with Crippen molar-refractivity contribution in [2.75, 3.05) is 0 Å². The lowest BCUT2D eigenvalue weighted by Crippen LogP contribution is -2.43. The fourth-order valence-electron chi connectivity index (χ4n) is 1.79. The van der Waals surface area contributed by atoms with E-state index in [1.54, 1.807) is 0 Å². The summed E-state index contributed by atoms with van der Waals surface area (Å²) < 4.78 is 60.6. The van der Waals surface area contributed by atoms with Crippen molar-refractivity contribution in [1.29, 1.82) is 0 Å². The lowest BCUT2D eigenvalue weighted by Gasteiger charge is -2.19. The lowest BCUT2D eigenvalue weighted by molar-refractivity contribution is -0.266. The maximum Gasteiger partial charge on any atom is 0.461 e. The van der Waals surface area contributed by atoms with E-state index in [2.05, 4.69) is 0 Å². The maximum atomic E-state index is 12.6. The predicted octanol–water partition coefficient (Wildman–Crippen LogP) is 3.89. The summed E-state index contributed by atoms with van der Waals surface area (Å²) in [5.74, 6) is -7.52. The first-order chi connectivity index (χ1) is 7.75. The third-order valence-corrected chi connectivity index (χ3v) is 2.84. The zero-order valence-corrected chi connectivity index (χ0v) is 9.07. The third kappa shape index (κ3) is 3.51. The second-order valence-corrected chi connectivity index (χ2v) is 4.19. The van der Waals surface area contributed by atoms with Gasteiger partial charge in [0.05, 0.1) is 0 Å². The summed E-state index contributed by atoms with van der Waals surface area (Å²) >= 11 is 0. The van der Waals surface area contributed by atoms with Gasteiger partial charge in [-0.15, -0.1) is 0 Å². The van der Waals surface area contributed by atoms with Gasteiger partial charge in [0, 0.05) is 0 Å². The van der Waals surface area contributed by atoms with E-state index in [-0.39, 0.29) is 5.92 Å². The zero-order valence-electron chi connectivity index (χ0n) is 9.07. The van der Waals surface area contributed by atoms with E-state index in [0.29, 0.717) is 6.08 Å². The molecule has 0 aromatic heterocycles. The van der Waals surface area contributed by atoms with Gasteiger partial charge in [-0.05, 0) is 24.8 Å². The third-order valence-electron chi connectivity index (χ3n) is 2.84. The van der Waals surface area contributed by atoms with Crippen molar-refractivity contribution in [3.05, 3.63) is 12.2 Å². The zero-order chi connectivity index (χ0) is 13.1. The van der Waals surface area contributed by atoms with Crippen LogP contribution in [-0.2, 0) is 4.79 Å². The van der Waals surface area contributed by atoms with E-state index in [1.807, 2.05) is 0 Å². The van der Waals surface area contributed by atoms with Gasteiger partial charge in [0.1, 0.15) is 0 Å². The number of allylic oxidation sites excluding steroid dienone is 2. The number of rotatable bonds is 3. The molecule has 1 fully saturated rings. The number of halogens is 5. The first-order valence-corrected chi connectivity index (χ1v) is 5.42. The van der Waals surface area contributed by atoms with Crippen LogP contribution in [0.4, 0.5) is 22.0 Å². The molecule has 6 heteroatoms. The summed E-state index contributed by atoms with van der Waals surface area (Å²) in [7, 11) is 0. The van der Waals surface area contributed by atoms with Gasteiger partial charge in [0.15, 0.2) is 0 Å². The van der Waals surface area contributed by atoms with Gasteiger partial charge in [0.2, 0.25) is 5.78 Å². The van der Waals surface area contributed by atoms with E-state index in [9.17, 15) is 26.7 Å². The Morgan fingerprint density at radius 2 is 1.53 bits per heavy atom. The van der Waals surface area contributed by atoms with Crippen LogP contribution in [0.2, 0.25) is 0 Å². The first kappa shape index (κ1) is 14.1. The van der Waals surface area contributed by atoms with Crippen molar-refractivity contribution in [2.45, 2.75) is 44.2 Å². The second-order valence-electron chi connectivity index (χ2n) is 4.19. The summed E-state index contributed by atoms with van der Waals surface area (Å²) in [4.78, 5) is 10.8. The van der Waals surface area contributed by atoms with Gasteiger partial charge in [-0.3, -0.25) is 4.79 Å². The highest BCUT2D eigenvalue weighted by molar-refractivity contribution is 5.96. The molecule has 0 amide bonds. The van der Waals surface area contributed by atoms with E-state index < -0.39 is 17.9 Å². The number of ketones is 1. The number of hydrogen-bond donors (Lipinski definition) is 0. The second kappa shape index (κ2) is 5.14. The molecule has 0 radical (unpaired) electrons. The average molecular weight is 256 g/mol. The Morgan fingerprint density at radius 1 is 1.00 bits per heavy atom. The molecule has 0 unspecified atom stereocenters. The van der Waals surface area contributed by atoms with Gasteiger partial charge in [-0.2, -0.15) is 22.0 Å². The molecule has 1 aliphatic rings. The van der Waals surface area contributed by atoms with Gasteiger partial charge in [0.25, 0.3) is 0 Å². The Balaban J connectivity index is 2.62. The Morgan fingerprint density at radius 3 is 2.00 bits per heavy atom. The fourth-order valence-corrected chi connectivity index (χ4v) is 1.79. The molecule has 0 saturated heterocycles. The maximum absolute atomic E-state index is 12.6. The number of carbonyl (C=O) groups is 1. The highest BCUT2D eigenvalue weighted by atomic mass is 19.4. The molecule has 0 spiro atoms. The smallest absolute Gasteiger partial charge is 0.288 e. The molecule has 0 aromatic rings. The van der Waals surface area contributed by atoms with Crippen LogP contribution in [0, 0.1) is 5.92 Å². The molecule has 0 bridgehead atoms. The SMILES string of the molecule is O=C(C=CC1CCCCC1)C(F)(F)C(F)(F)F. The average Bonchev–Trinajstić information content (AvgIpc) is 2.25. The minimum atomic E-state index is -5.82. The van der Waals surface area contributed by atoms with E-state index in [1.165, 1.54) is 6.08 Å². The molecule has 98 valence electrons. The van der Waals surface area contributed by atoms with Gasteiger partial charge in [-0.1, -0.05) is 25.3 Å². The largest absolute Gasteiger partial charge is 0.461 e. The molecule has 0 heterocycles. The minimum absolute atomic E-state index is 0.0586. The normalized spacial score (nSPS) is 19.8. The molecule has 0 N–H and O–H groups in total. The van der Waals surface area contributed by atoms with Crippen molar-refractivity contribution < 1.29 is 26.7 Å². The first-order valence-electron chi connectivity index (χ1n) is 5.42. The molecular weight excluding hydrogens is 243 g/mol. The fraction of sp³-hybridized carbons (Fsp3) is 0.727. The predicted molar refractivity (Wildman–Crippen MR) is 51.7 cm³/mol. The highest BCUT2D eigenvalue weighted by Gasteiger charge is 2.62.